The number of nitrogens with zero attached hydrogens (tertiary/aromatic N) is 2. The van der Waals surface area contributed by atoms with Crippen molar-refractivity contribution >= 4 is 45.8 Å². The van der Waals surface area contributed by atoms with Crippen LogP contribution in [0.5, 0.6) is 5.75 Å². The SMILES string of the molecule is COc1ccc(/C=C2\SC(=O)N(CCNC(=O)c3ccc4ccccc4n3)C2=O)cc1. The number of benzene rings is 2. The van der Waals surface area contributed by atoms with Crippen molar-refractivity contribution in [3.05, 3.63) is 76.8 Å². The van der Waals surface area contributed by atoms with Crippen LogP contribution in [0, 0.1) is 0 Å². The summed E-state index contributed by atoms with van der Waals surface area (Å²) in [6.45, 7) is 0.227. The maximum absolute atomic E-state index is 12.6. The zero-order valence-corrected chi connectivity index (χ0v) is 17.5. The Morgan fingerprint density at radius 3 is 2.65 bits per heavy atom. The summed E-state index contributed by atoms with van der Waals surface area (Å²) in [5, 5.41) is 3.31. The molecule has 0 radical (unpaired) electrons. The van der Waals surface area contributed by atoms with Crippen molar-refractivity contribution < 1.29 is 19.1 Å². The van der Waals surface area contributed by atoms with Gasteiger partial charge >= 0.3 is 0 Å². The van der Waals surface area contributed by atoms with E-state index in [1.54, 1.807) is 31.4 Å². The van der Waals surface area contributed by atoms with Crippen LogP contribution in [0.3, 0.4) is 0 Å². The van der Waals surface area contributed by atoms with Gasteiger partial charge in [0.15, 0.2) is 0 Å². The number of hydrogen-bond acceptors (Lipinski definition) is 6. The van der Waals surface area contributed by atoms with Crippen LogP contribution in [0.1, 0.15) is 16.1 Å². The molecule has 31 heavy (non-hydrogen) atoms. The lowest BCUT2D eigenvalue weighted by molar-refractivity contribution is -0.122. The van der Waals surface area contributed by atoms with Gasteiger partial charge in [0, 0.05) is 18.5 Å². The molecule has 0 atom stereocenters. The summed E-state index contributed by atoms with van der Waals surface area (Å²) in [5.41, 5.74) is 1.80. The van der Waals surface area contributed by atoms with Gasteiger partial charge in [0.05, 0.1) is 17.5 Å². The number of rotatable bonds is 6. The summed E-state index contributed by atoms with van der Waals surface area (Å²) in [6.07, 6.45) is 1.67. The fourth-order valence-electron chi connectivity index (χ4n) is 3.11. The molecule has 1 aromatic heterocycles. The highest BCUT2D eigenvalue weighted by Crippen LogP contribution is 2.32. The van der Waals surface area contributed by atoms with Gasteiger partial charge in [-0.2, -0.15) is 0 Å². The third-order valence-electron chi connectivity index (χ3n) is 4.74. The van der Waals surface area contributed by atoms with Crippen LogP contribution in [-0.4, -0.2) is 47.1 Å². The largest absolute Gasteiger partial charge is 0.497 e. The van der Waals surface area contributed by atoms with Gasteiger partial charge in [-0.1, -0.05) is 36.4 Å². The maximum Gasteiger partial charge on any atom is 0.293 e. The van der Waals surface area contributed by atoms with Gasteiger partial charge in [0.2, 0.25) is 0 Å². The number of imide groups is 1. The van der Waals surface area contributed by atoms with Crippen molar-refractivity contribution in [2.75, 3.05) is 20.2 Å². The molecule has 0 aliphatic carbocycles. The number of hydrogen-bond donors (Lipinski definition) is 1. The van der Waals surface area contributed by atoms with Crippen LogP contribution < -0.4 is 10.1 Å². The molecule has 7 nitrogen and oxygen atoms in total. The average Bonchev–Trinajstić information content (AvgIpc) is 3.06. The fraction of sp³-hybridized carbons (Fsp3) is 0.130. The zero-order chi connectivity index (χ0) is 21.8. The van der Waals surface area contributed by atoms with E-state index in [1.165, 1.54) is 0 Å². The van der Waals surface area contributed by atoms with Gasteiger partial charge < -0.3 is 10.1 Å². The third-order valence-corrected chi connectivity index (χ3v) is 5.65. The number of carbonyl (C=O) groups is 3. The Bertz CT molecular complexity index is 1190. The van der Waals surface area contributed by atoms with Crippen LogP contribution in [0.4, 0.5) is 4.79 Å². The molecule has 8 heteroatoms. The first-order valence-corrected chi connectivity index (χ1v) is 10.4. The van der Waals surface area contributed by atoms with E-state index < -0.39 is 0 Å². The van der Waals surface area contributed by atoms with E-state index >= 15 is 0 Å². The number of para-hydroxylation sites is 1. The van der Waals surface area contributed by atoms with Gasteiger partial charge in [-0.3, -0.25) is 19.3 Å². The number of methoxy groups -OCH3 is 1. The van der Waals surface area contributed by atoms with Crippen molar-refractivity contribution in [3.63, 3.8) is 0 Å². The number of fused-ring (bicyclic) bond motifs is 1. The quantitative estimate of drug-likeness (QED) is 0.596. The molecular formula is C23H19N3O4S. The maximum atomic E-state index is 12.6. The molecule has 0 bridgehead atoms. The molecule has 1 N–H and O–H groups in total. The van der Waals surface area contributed by atoms with Crippen molar-refractivity contribution in [1.29, 1.82) is 0 Å². The molecule has 1 aliphatic heterocycles. The molecule has 1 fully saturated rings. The lowest BCUT2D eigenvalue weighted by Crippen LogP contribution is -2.37. The van der Waals surface area contributed by atoms with Crippen LogP contribution in [0.15, 0.2) is 65.6 Å². The van der Waals surface area contributed by atoms with E-state index in [1.807, 2.05) is 42.5 Å². The van der Waals surface area contributed by atoms with Gasteiger partial charge in [-0.25, -0.2) is 4.98 Å². The molecule has 0 spiro atoms. The summed E-state index contributed by atoms with van der Waals surface area (Å²) < 4.78 is 5.12. The minimum Gasteiger partial charge on any atom is -0.497 e. The van der Waals surface area contributed by atoms with Crippen LogP contribution in [0.25, 0.3) is 17.0 Å². The molecule has 1 saturated heterocycles. The Balaban J connectivity index is 1.36. The standard InChI is InChI=1S/C23H19N3O4S/c1-30-17-9-6-15(7-10-17)14-20-22(28)26(23(29)31-20)13-12-24-21(27)19-11-8-16-4-2-3-5-18(16)25-19/h2-11,14H,12-13H2,1H3,(H,24,27)/b20-14-. The first kappa shape index (κ1) is 20.6. The molecule has 2 heterocycles. The second-order valence-electron chi connectivity index (χ2n) is 6.75. The van der Waals surface area contributed by atoms with Crippen LogP contribution in [-0.2, 0) is 4.79 Å². The minimum atomic E-state index is -0.371. The Kier molecular flexibility index (Phi) is 5.99. The third kappa shape index (κ3) is 4.59. The van der Waals surface area contributed by atoms with Gasteiger partial charge in [0.1, 0.15) is 11.4 Å². The molecule has 1 aliphatic rings. The second kappa shape index (κ2) is 9.01. The average molecular weight is 433 g/mol. The minimum absolute atomic E-state index is 0.0872. The van der Waals surface area contributed by atoms with Crippen molar-refractivity contribution in [1.82, 2.24) is 15.2 Å². The predicted molar refractivity (Wildman–Crippen MR) is 120 cm³/mol. The number of ether oxygens (including phenoxy) is 1. The van der Waals surface area contributed by atoms with E-state index in [4.69, 9.17) is 4.74 Å². The fourth-order valence-corrected chi connectivity index (χ4v) is 3.97. The number of aromatic nitrogens is 1. The summed E-state index contributed by atoms with van der Waals surface area (Å²) in [5.74, 6) is -0.0164. The van der Waals surface area contributed by atoms with Crippen molar-refractivity contribution in [2.45, 2.75) is 0 Å². The summed E-state index contributed by atoms with van der Waals surface area (Å²) >= 11 is 0.885. The van der Waals surface area contributed by atoms with Crippen LogP contribution in [0.2, 0.25) is 0 Å². The first-order valence-electron chi connectivity index (χ1n) is 9.58. The number of nitrogens with one attached hydrogen (secondary N) is 1. The zero-order valence-electron chi connectivity index (χ0n) is 16.7. The molecule has 3 amide bonds. The van der Waals surface area contributed by atoms with Gasteiger partial charge in [-0.05, 0) is 47.7 Å². The van der Waals surface area contributed by atoms with Gasteiger partial charge in [-0.15, -0.1) is 0 Å². The number of pyridine rings is 1. The summed E-state index contributed by atoms with van der Waals surface area (Å²) in [7, 11) is 1.58. The van der Waals surface area contributed by atoms with Gasteiger partial charge in [0.25, 0.3) is 17.1 Å². The highest BCUT2D eigenvalue weighted by atomic mass is 32.2. The lowest BCUT2D eigenvalue weighted by Gasteiger charge is -2.13. The van der Waals surface area contributed by atoms with E-state index in [-0.39, 0.29) is 35.8 Å². The molecular weight excluding hydrogens is 414 g/mol. The highest BCUT2D eigenvalue weighted by molar-refractivity contribution is 8.18. The Hall–Kier alpha value is -3.65. The van der Waals surface area contributed by atoms with E-state index in [2.05, 4.69) is 10.3 Å². The Morgan fingerprint density at radius 2 is 1.87 bits per heavy atom. The Labute approximate surface area is 183 Å². The number of amides is 3. The molecule has 0 unspecified atom stereocenters. The molecule has 0 saturated carbocycles. The molecule has 156 valence electrons. The summed E-state index contributed by atoms with van der Waals surface area (Å²) in [4.78, 5) is 43.1. The second-order valence-corrected chi connectivity index (χ2v) is 7.74. The highest BCUT2D eigenvalue weighted by Gasteiger charge is 2.34. The number of carbonyl (C=O) groups excluding carboxylic acids is 3. The lowest BCUT2D eigenvalue weighted by atomic mass is 10.2. The Morgan fingerprint density at radius 1 is 1.10 bits per heavy atom. The molecule has 3 aromatic rings. The number of thioether (sulfide) groups is 1. The smallest absolute Gasteiger partial charge is 0.293 e. The van der Waals surface area contributed by atoms with E-state index in [0.717, 1.165) is 33.1 Å². The van der Waals surface area contributed by atoms with E-state index in [0.29, 0.717) is 10.7 Å². The van der Waals surface area contributed by atoms with Crippen molar-refractivity contribution in [3.8, 4) is 5.75 Å². The monoisotopic (exact) mass is 433 g/mol. The topological polar surface area (TPSA) is 88.6 Å². The summed E-state index contributed by atoms with van der Waals surface area (Å²) in [6, 6.07) is 18.2. The predicted octanol–water partition coefficient (Wildman–Crippen LogP) is 3.71. The van der Waals surface area contributed by atoms with Crippen LogP contribution >= 0.6 is 11.8 Å². The van der Waals surface area contributed by atoms with Crippen molar-refractivity contribution in [2.24, 2.45) is 0 Å². The first-order chi connectivity index (χ1) is 15.0. The van der Waals surface area contributed by atoms with E-state index in [9.17, 15) is 14.4 Å². The normalized spacial score (nSPS) is 15.0. The molecule has 4 rings (SSSR count). The molecule has 2 aromatic carbocycles.